The van der Waals surface area contributed by atoms with Crippen LogP contribution in [0.1, 0.15) is 44.6 Å². The lowest BCUT2D eigenvalue weighted by Gasteiger charge is -2.16. The monoisotopic (exact) mass is 249 g/mol. The highest BCUT2D eigenvalue weighted by atomic mass is 16.5. The molecule has 1 atom stereocenters. The zero-order valence-corrected chi connectivity index (χ0v) is 12.0. The Morgan fingerprint density at radius 2 is 2.06 bits per heavy atom. The van der Waals surface area contributed by atoms with E-state index in [9.17, 15) is 0 Å². The lowest BCUT2D eigenvalue weighted by molar-refractivity contribution is 0.413. The molecule has 0 aliphatic heterocycles. The molecule has 1 N–H and O–H groups in total. The Morgan fingerprint density at radius 1 is 1.22 bits per heavy atom. The molecule has 1 unspecified atom stereocenters. The Bertz CT molecular complexity index is 325. The van der Waals surface area contributed by atoms with Crippen LogP contribution in [0.5, 0.6) is 5.75 Å². The first-order valence-corrected chi connectivity index (χ1v) is 7.10. The van der Waals surface area contributed by atoms with Gasteiger partial charge < -0.3 is 10.1 Å². The van der Waals surface area contributed by atoms with Crippen molar-refractivity contribution in [1.29, 1.82) is 0 Å². The molecule has 2 nitrogen and oxygen atoms in total. The molecule has 0 aromatic heterocycles. The number of nitrogens with one attached hydrogen (secondary N) is 1. The van der Waals surface area contributed by atoms with Gasteiger partial charge in [0, 0.05) is 6.04 Å². The number of rotatable bonds is 9. The largest absolute Gasteiger partial charge is 0.497 e. The van der Waals surface area contributed by atoms with E-state index >= 15 is 0 Å². The van der Waals surface area contributed by atoms with Crippen LogP contribution < -0.4 is 10.1 Å². The fourth-order valence-electron chi connectivity index (χ4n) is 2.25. The second-order valence-corrected chi connectivity index (χ2v) is 4.89. The van der Waals surface area contributed by atoms with Crippen molar-refractivity contribution in [3.05, 3.63) is 29.8 Å². The summed E-state index contributed by atoms with van der Waals surface area (Å²) in [5.41, 5.74) is 1.35. The van der Waals surface area contributed by atoms with Crippen LogP contribution in [0.3, 0.4) is 0 Å². The van der Waals surface area contributed by atoms with Crippen molar-refractivity contribution in [3.8, 4) is 5.75 Å². The Balaban J connectivity index is 2.41. The number of benzene rings is 1. The Kier molecular flexibility index (Phi) is 7.51. The van der Waals surface area contributed by atoms with Gasteiger partial charge in [0.25, 0.3) is 0 Å². The number of unbranched alkanes of at least 4 members (excludes halogenated alkanes) is 3. The van der Waals surface area contributed by atoms with Crippen molar-refractivity contribution in [2.45, 2.75) is 51.5 Å². The maximum atomic E-state index is 5.26. The molecular weight excluding hydrogens is 222 g/mol. The number of methoxy groups -OCH3 is 1. The molecule has 0 fully saturated rings. The van der Waals surface area contributed by atoms with Crippen LogP contribution >= 0.6 is 0 Å². The van der Waals surface area contributed by atoms with Gasteiger partial charge in [-0.2, -0.15) is 0 Å². The van der Waals surface area contributed by atoms with E-state index in [1.807, 2.05) is 6.07 Å². The molecule has 0 amide bonds. The molecule has 0 spiro atoms. The lowest BCUT2D eigenvalue weighted by atomic mass is 10.00. The predicted molar refractivity (Wildman–Crippen MR) is 78.3 cm³/mol. The third kappa shape index (κ3) is 5.54. The van der Waals surface area contributed by atoms with E-state index in [1.54, 1.807) is 7.11 Å². The van der Waals surface area contributed by atoms with Crippen molar-refractivity contribution in [2.75, 3.05) is 14.2 Å². The lowest BCUT2D eigenvalue weighted by Crippen LogP contribution is -2.27. The molecule has 0 saturated carbocycles. The van der Waals surface area contributed by atoms with E-state index in [0.717, 1.165) is 12.2 Å². The van der Waals surface area contributed by atoms with Crippen molar-refractivity contribution in [3.63, 3.8) is 0 Å². The van der Waals surface area contributed by atoms with Gasteiger partial charge in [0.1, 0.15) is 5.75 Å². The second-order valence-electron chi connectivity index (χ2n) is 4.89. The minimum absolute atomic E-state index is 0.578. The highest BCUT2D eigenvalue weighted by Gasteiger charge is 2.07. The van der Waals surface area contributed by atoms with Crippen LogP contribution in [-0.2, 0) is 6.42 Å². The van der Waals surface area contributed by atoms with E-state index in [4.69, 9.17) is 4.74 Å². The third-order valence-electron chi connectivity index (χ3n) is 3.43. The van der Waals surface area contributed by atoms with E-state index in [-0.39, 0.29) is 0 Å². The Labute approximate surface area is 112 Å². The summed E-state index contributed by atoms with van der Waals surface area (Å²) < 4.78 is 5.26. The molecule has 1 aromatic rings. The molecule has 0 radical (unpaired) electrons. The maximum absolute atomic E-state index is 5.26. The van der Waals surface area contributed by atoms with Gasteiger partial charge in [-0.1, -0.05) is 44.7 Å². The maximum Gasteiger partial charge on any atom is 0.119 e. The average Bonchev–Trinajstić information content (AvgIpc) is 2.42. The summed E-state index contributed by atoms with van der Waals surface area (Å²) >= 11 is 0. The van der Waals surface area contributed by atoms with Gasteiger partial charge >= 0.3 is 0 Å². The van der Waals surface area contributed by atoms with Gasteiger partial charge in [-0.05, 0) is 37.6 Å². The van der Waals surface area contributed by atoms with Crippen LogP contribution in [0.25, 0.3) is 0 Å². The highest BCUT2D eigenvalue weighted by Crippen LogP contribution is 2.16. The standard InChI is InChI=1S/C16H27NO/c1-4-5-6-7-10-15(17-2)12-14-9-8-11-16(13-14)18-3/h8-9,11,13,15,17H,4-7,10,12H2,1-3H3. The normalized spacial score (nSPS) is 12.4. The topological polar surface area (TPSA) is 21.3 Å². The number of likely N-dealkylation sites (N-methyl/N-ethyl adjacent to an activating group) is 1. The van der Waals surface area contributed by atoms with Crippen molar-refractivity contribution in [2.24, 2.45) is 0 Å². The molecule has 2 heteroatoms. The van der Waals surface area contributed by atoms with Crippen molar-refractivity contribution >= 4 is 0 Å². The smallest absolute Gasteiger partial charge is 0.119 e. The second kappa shape index (κ2) is 8.98. The number of ether oxygens (including phenoxy) is 1. The molecule has 18 heavy (non-hydrogen) atoms. The van der Waals surface area contributed by atoms with Gasteiger partial charge in [-0.15, -0.1) is 0 Å². The molecule has 1 rings (SSSR count). The average molecular weight is 249 g/mol. The first-order valence-electron chi connectivity index (χ1n) is 7.10. The summed E-state index contributed by atoms with van der Waals surface area (Å²) in [5, 5.41) is 3.42. The molecule has 0 bridgehead atoms. The Hall–Kier alpha value is -1.02. The van der Waals surface area contributed by atoms with E-state index in [0.29, 0.717) is 6.04 Å². The van der Waals surface area contributed by atoms with Gasteiger partial charge in [0.15, 0.2) is 0 Å². The zero-order chi connectivity index (χ0) is 13.2. The van der Waals surface area contributed by atoms with Gasteiger partial charge in [-0.3, -0.25) is 0 Å². The molecule has 0 heterocycles. The molecule has 0 aliphatic carbocycles. The molecule has 102 valence electrons. The summed E-state index contributed by atoms with van der Waals surface area (Å²) in [6.07, 6.45) is 7.68. The Morgan fingerprint density at radius 3 is 2.72 bits per heavy atom. The first-order chi connectivity index (χ1) is 8.80. The summed E-state index contributed by atoms with van der Waals surface area (Å²) in [7, 11) is 3.78. The minimum atomic E-state index is 0.578. The van der Waals surface area contributed by atoms with Crippen LogP contribution in [0.4, 0.5) is 0 Å². The van der Waals surface area contributed by atoms with Gasteiger partial charge in [0.05, 0.1) is 7.11 Å². The SMILES string of the molecule is CCCCCCC(Cc1cccc(OC)c1)NC. The van der Waals surface area contributed by atoms with Gasteiger partial charge in [-0.25, -0.2) is 0 Å². The predicted octanol–water partition coefficient (Wildman–Crippen LogP) is 3.80. The number of hydrogen-bond donors (Lipinski definition) is 1. The molecule has 0 aliphatic rings. The number of hydrogen-bond acceptors (Lipinski definition) is 2. The quantitative estimate of drug-likeness (QED) is 0.672. The van der Waals surface area contributed by atoms with Crippen LogP contribution in [0.2, 0.25) is 0 Å². The van der Waals surface area contributed by atoms with Crippen LogP contribution in [0.15, 0.2) is 24.3 Å². The van der Waals surface area contributed by atoms with Crippen LogP contribution in [-0.4, -0.2) is 20.2 Å². The van der Waals surface area contributed by atoms with Crippen LogP contribution in [0, 0.1) is 0 Å². The highest BCUT2D eigenvalue weighted by molar-refractivity contribution is 5.28. The van der Waals surface area contributed by atoms with Crippen molar-refractivity contribution in [1.82, 2.24) is 5.32 Å². The van der Waals surface area contributed by atoms with Crippen molar-refractivity contribution < 1.29 is 4.74 Å². The first kappa shape index (κ1) is 15.0. The van der Waals surface area contributed by atoms with Gasteiger partial charge in [0.2, 0.25) is 0 Å². The fourth-order valence-corrected chi connectivity index (χ4v) is 2.25. The summed E-state index contributed by atoms with van der Waals surface area (Å²) in [5.74, 6) is 0.952. The zero-order valence-electron chi connectivity index (χ0n) is 12.0. The summed E-state index contributed by atoms with van der Waals surface area (Å²) in [4.78, 5) is 0. The summed E-state index contributed by atoms with van der Waals surface area (Å²) in [6.45, 7) is 2.26. The van der Waals surface area contributed by atoms with E-state index in [2.05, 4.69) is 37.5 Å². The van der Waals surface area contributed by atoms with E-state index < -0.39 is 0 Å². The summed E-state index contributed by atoms with van der Waals surface area (Å²) in [6, 6.07) is 8.96. The fraction of sp³-hybridized carbons (Fsp3) is 0.625. The molecular formula is C16H27NO. The third-order valence-corrected chi connectivity index (χ3v) is 3.43. The van der Waals surface area contributed by atoms with E-state index in [1.165, 1.54) is 37.7 Å². The minimum Gasteiger partial charge on any atom is -0.497 e. The molecule has 1 aromatic carbocycles. The molecule has 0 saturated heterocycles.